The molecule has 7 heteroatoms. The van der Waals surface area contributed by atoms with Crippen LogP contribution in [0.2, 0.25) is 0 Å². The topological polar surface area (TPSA) is 101 Å². The van der Waals surface area contributed by atoms with Gasteiger partial charge in [0.2, 0.25) is 0 Å². The standard InChI is InChI=1S/C25H24N4O3/c1-25(2,3)24(31)32-14-18-7-5-4-6-16(18)8-9-19-12-17(10-11-26-19)21-13-20-22(29-21)27-15-28-23(20)30/h4-13,15H,14H2,1-3H3,(H2,27,28,29,30). The van der Waals surface area contributed by atoms with Crippen molar-refractivity contribution in [2.75, 3.05) is 0 Å². The van der Waals surface area contributed by atoms with E-state index in [-0.39, 0.29) is 18.1 Å². The minimum absolute atomic E-state index is 0.185. The second-order valence-corrected chi connectivity index (χ2v) is 8.50. The lowest BCUT2D eigenvalue weighted by molar-refractivity contribution is -0.154. The molecule has 0 aliphatic carbocycles. The molecule has 0 bridgehead atoms. The number of benzene rings is 1. The summed E-state index contributed by atoms with van der Waals surface area (Å²) in [7, 11) is 0. The highest BCUT2D eigenvalue weighted by Crippen LogP contribution is 2.23. The summed E-state index contributed by atoms with van der Waals surface area (Å²) >= 11 is 0. The van der Waals surface area contributed by atoms with Crippen LogP contribution in [0.1, 0.15) is 37.6 Å². The predicted molar refractivity (Wildman–Crippen MR) is 125 cm³/mol. The van der Waals surface area contributed by atoms with E-state index in [9.17, 15) is 9.59 Å². The summed E-state index contributed by atoms with van der Waals surface area (Å²) in [5, 5.41) is 0.509. The largest absolute Gasteiger partial charge is 0.460 e. The minimum atomic E-state index is -0.543. The van der Waals surface area contributed by atoms with Gasteiger partial charge in [-0.1, -0.05) is 30.3 Å². The van der Waals surface area contributed by atoms with Gasteiger partial charge in [-0.3, -0.25) is 14.6 Å². The maximum atomic E-state index is 12.1. The molecule has 0 fully saturated rings. The maximum absolute atomic E-state index is 12.1. The molecule has 0 aliphatic rings. The summed E-state index contributed by atoms with van der Waals surface area (Å²) in [5.41, 5.74) is 4.11. The SMILES string of the molecule is CC(C)(C)C(=O)OCc1ccccc1C=Cc1cc(-c2cc3c(=O)[nH]cnc3[nH]2)ccn1. The van der Waals surface area contributed by atoms with E-state index in [1.54, 1.807) is 12.3 Å². The fraction of sp³-hybridized carbons (Fsp3) is 0.200. The number of aromatic nitrogens is 4. The number of nitrogens with one attached hydrogen (secondary N) is 2. The molecule has 2 N–H and O–H groups in total. The summed E-state index contributed by atoms with van der Waals surface area (Å²) in [6, 6.07) is 13.3. The van der Waals surface area contributed by atoms with Gasteiger partial charge in [-0.25, -0.2) is 4.98 Å². The summed E-state index contributed by atoms with van der Waals surface area (Å²) in [6.07, 6.45) is 6.95. The number of hydrogen-bond donors (Lipinski definition) is 2. The molecule has 0 saturated heterocycles. The third-order valence-corrected chi connectivity index (χ3v) is 4.98. The molecule has 4 rings (SSSR count). The van der Waals surface area contributed by atoms with Crippen molar-refractivity contribution in [3.05, 3.63) is 82.2 Å². The van der Waals surface area contributed by atoms with E-state index in [4.69, 9.17) is 4.74 Å². The van der Waals surface area contributed by atoms with E-state index in [2.05, 4.69) is 19.9 Å². The van der Waals surface area contributed by atoms with Gasteiger partial charge >= 0.3 is 5.97 Å². The zero-order valence-electron chi connectivity index (χ0n) is 18.2. The van der Waals surface area contributed by atoms with Crippen LogP contribution in [0.3, 0.4) is 0 Å². The Hall–Kier alpha value is -4.00. The number of rotatable bonds is 5. The van der Waals surface area contributed by atoms with E-state index in [1.165, 1.54) is 6.33 Å². The van der Waals surface area contributed by atoms with E-state index >= 15 is 0 Å². The minimum Gasteiger partial charge on any atom is -0.460 e. The molecule has 32 heavy (non-hydrogen) atoms. The van der Waals surface area contributed by atoms with Gasteiger partial charge in [-0.2, -0.15) is 0 Å². The lowest BCUT2D eigenvalue weighted by atomic mass is 9.97. The molecule has 0 radical (unpaired) electrons. The van der Waals surface area contributed by atoms with Crippen LogP contribution in [0.4, 0.5) is 0 Å². The van der Waals surface area contributed by atoms with Crippen molar-refractivity contribution in [3.63, 3.8) is 0 Å². The van der Waals surface area contributed by atoms with Crippen molar-refractivity contribution < 1.29 is 9.53 Å². The van der Waals surface area contributed by atoms with Crippen LogP contribution < -0.4 is 5.56 Å². The van der Waals surface area contributed by atoms with Crippen LogP contribution in [0.5, 0.6) is 0 Å². The zero-order valence-corrected chi connectivity index (χ0v) is 18.2. The van der Waals surface area contributed by atoms with E-state index in [0.717, 1.165) is 28.1 Å². The van der Waals surface area contributed by atoms with Crippen LogP contribution in [-0.4, -0.2) is 25.9 Å². The number of esters is 1. The predicted octanol–water partition coefficient (Wildman–Crippen LogP) is 4.57. The number of H-pyrrole nitrogens is 2. The normalized spacial score (nSPS) is 11.8. The van der Waals surface area contributed by atoms with Crippen LogP contribution in [0.25, 0.3) is 34.4 Å². The Kier molecular flexibility index (Phi) is 5.73. The molecule has 4 aromatic rings. The molecule has 3 heterocycles. The van der Waals surface area contributed by atoms with Gasteiger partial charge in [-0.05, 0) is 56.2 Å². The molecule has 162 valence electrons. The molecule has 0 atom stereocenters. The van der Waals surface area contributed by atoms with Crippen molar-refractivity contribution in [3.8, 4) is 11.3 Å². The molecular formula is C25H24N4O3. The van der Waals surface area contributed by atoms with E-state index < -0.39 is 5.41 Å². The summed E-state index contributed by atoms with van der Waals surface area (Å²) in [5.74, 6) is -0.239. The molecule has 0 unspecified atom stereocenters. The average molecular weight is 428 g/mol. The number of ether oxygens (including phenoxy) is 1. The van der Waals surface area contributed by atoms with Crippen molar-refractivity contribution in [1.29, 1.82) is 0 Å². The van der Waals surface area contributed by atoms with Crippen LogP contribution in [0, 0.1) is 5.41 Å². The molecule has 0 aliphatic heterocycles. The number of carbonyl (C=O) groups excluding carboxylic acids is 1. The fourth-order valence-corrected chi connectivity index (χ4v) is 3.18. The smallest absolute Gasteiger partial charge is 0.311 e. The van der Waals surface area contributed by atoms with Crippen molar-refractivity contribution >= 4 is 29.2 Å². The number of fused-ring (bicyclic) bond motifs is 1. The molecule has 0 spiro atoms. The van der Waals surface area contributed by atoms with E-state index in [0.29, 0.717) is 11.0 Å². The highest BCUT2D eigenvalue weighted by Gasteiger charge is 2.23. The first kappa shape index (κ1) is 21.2. The zero-order chi connectivity index (χ0) is 22.7. The lowest BCUT2D eigenvalue weighted by Crippen LogP contribution is -2.22. The lowest BCUT2D eigenvalue weighted by Gasteiger charge is -2.17. The summed E-state index contributed by atoms with van der Waals surface area (Å²) in [6.45, 7) is 5.71. The molecule has 1 aromatic carbocycles. The Bertz CT molecular complexity index is 1360. The van der Waals surface area contributed by atoms with Gasteiger partial charge < -0.3 is 14.7 Å². The Morgan fingerprint density at radius 3 is 2.69 bits per heavy atom. The maximum Gasteiger partial charge on any atom is 0.311 e. The molecule has 7 nitrogen and oxygen atoms in total. The highest BCUT2D eigenvalue weighted by molar-refractivity contribution is 5.82. The Morgan fingerprint density at radius 2 is 1.91 bits per heavy atom. The molecule has 0 saturated carbocycles. The summed E-state index contributed by atoms with van der Waals surface area (Å²) < 4.78 is 5.47. The van der Waals surface area contributed by atoms with E-state index in [1.807, 2.05) is 69.3 Å². The number of aromatic amines is 2. The number of carbonyl (C=O) groups is 1. The quantitative estimate of drug-likeness (QED) is 0.454. The van der Waals surface area contributed by atoms with Gasteiger partial charge in [-0.15, -0.1) is 0 Å². The van der Waals surface area contributed by atoms with Crippen LogP contribution in [-0.2, 0) is 16.1 Å². The average Bonchev–Trinajstić information content (AvgIpc) is 3.22. The van der Waals surface area contributed by atoms with Crippen molar-refractivity contribution in [1.82, 2.24) is 19.9 Å². The highest BCUT2D eigenvalue weighted by atomic mass is 16.5. The molecular weight excluding hydrogens is 404 g/mol. The Morgan fingerprint density at radius 1 is 1.09 bits per heavy atom. The van der Waals surface area contributed by atoms with Gasteiger partial charge in [0.1, 0.15) is 12.3 Å². The second-order valence-electron chi connectivity index (χ2n) is 8.50. The Labute approximate surface area is 185 Å². The van der Waals surface area contributed by atoms with Crippen molar-refractivity contribution in [2.45, 2.75) is 27.4 Å². The first-order chi connectivity index (χ1) is 15.3. The van der Waals surface area contributed by atoms with Crippen molar-refractivity contribution in [2.24, 2.45) is 5.41 Å². The van der Waals surface area contributed by atoms with Crippen LogP contribution in [0.15, 0.2) is 59.8 Å². The molecule has 0 amide bonds. The van der Waals surface area contributed by atoms with Gasteiger partial charge in [0, 0.05) is 17.5 Å². The molecule has 3 aromatic heterocycles. The van der Waals surface area contributed by atoms with Gasteiger partial charge in [0.15, 0.2) is 0 Å². The van der Waals surface area contributed by atoms with Gasteiger partial charge in [0.25, 0.3) is 5.56 Å². The fourth-order valence-electron chi connectivity index (χ4n) is 3.18. The van der Waals surface area contributed by atoms with Gasteiger partial charge in [0.05, 0.1) is 22.8 Å². The number of nitrogens with zero attached hydrogens (tertiary/aromatic N) is 2. The third-order valence-electron chi connectivity index (χ3n) is 4.98. The van der Waals surface area contributed by atoms with Crippen LogP contribution >= 0.6 is 0 Å². The second kappa shape index (κ2) is 8.63. The first-order valence-electron chi connectivity index (χ1n) is 10.3. The third kappa shape index (κ3) is 4.67. The summed E-state index contributed by atoms with van der Waals surface area (Å²) in [4.78, 5) is 38.4. The number of pyridine rings is 1. The Balaban J connectivity index is 1.56. The first-order valence-corrected chi connectivity index (χ1v) is 10.3. The number of hydrogen-bond acceptors (Lipinski definition) is 5. The monoisotopic (exact) mass is 428 g/mol.